The summed E-state index contributed by atoms with van der Waals surface area (Å²) in [5.41, 5.74) is 0. The number of carbonyl (C=O) groups is 2. The van der Waals surface area contributed by atoms with E-state index in [1.807, 2.05) is 0 Å². The van der Waals surface area contributed by atoms with Gasteiger partial charge in [0.05, 0.1) is 19.6 Å². The molecule has 76 valence electrons. The van der Waals surface area contributed by atoms with E-state index >= 15 is 0 Å². The van der Waals surface area contributed by atoms with Crippen LogP contribution in [0.2, 0.25) is 0 Å². The summed E-state index contributed by atoms with van der Waals surface area (Å²) < 4.78 is 8.88. The fraction of sp³-hybridized carbons (Fsp3) is 0.750. The zero-order chi connectivity index (χ0) is 10.4. The first-order chi connectivity index (χ1) is 6.04. The topological polar surface area (TPSA) is 72.8 Å². The molecule has 1 N–H and O–H groups in total. The van der Waals surface area contributed by atoms with Gasteiger partial charge < -0.3 is 14.6 Å². The van der Waals surface area contributed by atoms with E-state index in [1.165, 1.54) is 14.0 Å². The Labute approximate surface area is 76.6 Å². The van der Waals surface area contributed by atoms with Gasteiger partial charge in [-0.05, 0) is 13.8 Å². The fourth-order valence-electron chi connectivity index (χ4n) is 0.747. The lowest BCUT2D eigenvalue weighted by Gasteiger charge is -2.14. The molecule has 0 aromatic carbocycles. The van der Waals surface area contributed by atoms with Crippen molar-refractivity contribution < 1.29 is 24.2 Å². The zero-order valence-electron chi connectivity index (χ0n) is 7.94. The minimum absolute atomic E-state index is 0.170. The van der Waals surface area contributed by atoms with E-state index in [0.29, 0.717) is 0 Å². The predicted octanol–water partition coefficient (Wildman–Crippen LogP) is -0.281. The van der Waals surface area contributed by atoms with E-state index in [-0.39, 0.29) is 6.61 Å². The summed E-state index contributed by atoms with van der Waals surface area (Å²) >= 11 is 0. The molecular formula is C8H14O5. The van der Waals surface area contributed by atoms with E-state index in [1.54, 1.807) is 6.92 Å². The lowest BCUT2D eigenvalue weighted by atomic mass is 10.1. The van der Waals surface area contributed by atoms with Crippen molar-refractivity contribution in [1.29, 1.82) is 0 Å². The molecular weight excluding hydrogens is 176 g/mol. The third kappa shape index (κ3) is 3.42. The van der Waals surface area contributed by atoms with Crippen molar-refractivity contribution >= 4 is 11.9 Å². The quantitative estimate of drug-likeness (QED) is 0.617. The Morgan fingerprint density at radius 2 is 1.92 bits per heavy atom. The molecule has 0 bridgehead atoms. The van der Waals surface area contributed by atoms with Crippen LogP contribution in [0.3, 0.4) is 0 Å². The molecule has 0 unspecified atom stereocenters. The molecule has 0 heterocycles. The molecule has 0 saturated heterocycles. The Bertz CT molecular complexity index is 189. The van der Waals surface area contributed by atoms with Crippen molar-refractivity contribution in [2.75, 3.05) is 13.7 Å². The lowest BCUT2D eigenvalue weighted by molar-refractivity contribution is -0.164. The molecule has 0 aliphatic rings. The average molecular weight is 190 g/mol. The summed E-state index contributed by atoms with van der Waals surface area (Å²) in [5, 5.41) is 9.24. The van der Waals surface area contributed by atoms with Gasteiger partial charge in [-0.1, -0.05) is 0 Å². The van der Waals surface area contributed by atoms with Crippen LogP contribution in [0.4, 0.5) is 0 Å². The smallest absolute Gasteiger partial charge is 0.335 e. The first-order valence-corrected chi connectivity index (χ1v) is 3.97. The summed E-state index contributed by atoms with van der Waals surface area (Å²) in [5.74, 6) is -2.34. The van der Waals surface area contributed by atoms with Gasteiger partial charge in [-0.25, -0.2) is 4.79 Å². The molecule has 0 radical (unpaired) electrons. The van der Waals surface area contributed by atoms with Gasteiger partial charge in [0.15, 0.2) is 6.10 Å². The number of hydrogen-bond donors (Lipinski definition) is 1. The number of ether oxygens (including phenoxy) is 2. The standard InChI is InChI=1S/C8H14O5/c1-4-13-8(11)6(9)5(2)7(10)12-3/h5-6,9H,4H2,1-3H3/t5-,6-/m0/s1. The summed E-state index contributed by atoms with van der Waals surface area (Å²) in [6.07, 6.45) is -1.45. The van der Waals surface area contributed by atoms with Crippen molar-refractivity contribution in [3.8, 4) is 0 Å². The molecule has 0 saturated carbocycles. The first kappa shape index (κ1) is 11.9. The van der Waals surface area contributed by atoms with Crippen LogP contribution in [-0.2, 0) is 19.1 Å². The number of esters is 2. The van der Waals surface area contributed by atoms with Gasteiger partial charge in [-0.2, -0.15) is 0 Å². The number of methoxy groups -OCH3 is 1. The Balaban J connectivity index is 4.16. The molecule has 0 amide bonds. The van der Waals surface area contributed by atoms with Gasteiger partial charge in [0.25, 0.3) is 0 Å². The zero-order valence-corrected chi connectivity index (χ0v) is 7.94. The minimum atomic E-state index is -1.45. The van der Waals surface area contributed by atoms with Crippen LogP contribution < -0.4 is 0 Å². The molecule has 0 rings (SSSR count). The third-order valence-electron chi connectivity index (χ3n) is 1.57. The first-order valence-electron chi connectivity index (χ1n) is 3.97. The molecule has 13 heavy (non-hydrogen) atoms. The predicted molar refractivity (Wildman–Crippen MR) is 43.8 cm³/mol. The maximum Gasteiger partial charge on any atom is 0.335 e. The molecule has 0 aliphatic heterocycles. The normalized spacial score (nSPS) is 14.5. The maximum absolute atomic E-state index is 10.9. The van der Waals surface area contributed by atoms with E-state index < -0.39 is 24.0 Å². The number of rotatable bonds is 4. The van der Waals surface area contributed by atoms with E-state index in [4.69, 9.17) is 0 Å². The second-order valence-electron chi connectivity index (χ2n) is 2.51. The molecule has 2 atom stereocenters. The SMILES string of the molecule is CCOC(=O)[C@@H](O)[C@H](C)C(=O)OC. The highest BCUT2D eigenvalue weighted by Crippen LogP contribution is 2.06. The van der Waals surface area contributed by atoms with Gasteiger partial charge in [0, 0.05) is 0 Å². The second kappa shape index (κ2) is 5.53. The Morgan fingerprint density at radius 3 is 2.31 bits per heavy atom. The second-order valence-corrected chi connectivity index (χ2v) is 2.51. The van der Waals surface area contributed by atoms with E-state index in [2.05, 4.69) is 9.47 Å². The van der Waals surface area contributed by atoms with Crippen molar-refractivity contribution in [2.24, 2.45) is 5.92 Å². The average Bonchev–Trinajstić information content (AvgIpc) is 2.14. The van der Waals surface area contributed by atoms with Crippen LogP contribution in [0.25, 0.3) is 0 Å². The van der Waals surface area contributed by atoms with Gasteiger partial charge in [0.1, 0.15) is 0 Å². The van der Waals surface area contributed by atoms with Gasteiger partial charge in [-0.3, -0.25) is 4.79 Å². The number of aliphatic hydroxyl groups is 1. The number of aliphatic hydroxyl groups excluding tert-OH is 1. The van der Waals surface area contributed by atoms with Gasteiger partial charge >= 0.3 is 11.9 Å². The van der Waals surface area contributed by atoms with Crippen LogP contribution in [0, 0.1) is 5.92 Å². The van der Waals surface area contributed by atoms with Crippen LogP contribution in [0.5, 0.6) is 0 Å². The molecule has 0 fully saturated rings. The summed E-state index contributed by atoms with van der Waals surface area (Å²) in [7, 11) is 1.19. The highest BCUT2D eigenvalue weighted by atomic mass is 16.5. The van der Waals surface area contributed by atoms with Crippen molar-refractivity contribution in [3.63, 3.8) is 0 Å². The van der Waals surface area contributed by atoms with Crippen LogP contribution in [0.1, 0.15) is 13.8 Å². The minimum Gasteiger partial charge on any atom is -0.469 e. The molecule has 0 aliphatic carbocycles. The molecule has 5 heteroatoms. The van der Waals surface area contributed by atoms with Gasteiger partial charge in [0.2, 0.25) is 0 Å². The lowest BCUT2D eigenvalue weighted by Crippen LogP contribution is -2.34. The molecule has 5 nitrogen and oxygen atoms in total. The monoisotopic (exact) mass is 190 g/mol. The van der Waals surface area contributed by atoms with Crippen molar-refractivity contribution in [2.45, 2.75) is 20.0 Å². The molecule has 0 aromatic heterocycles. The van der Waals surface area contributed by atoms with E-state index in [0.717, 1.165) is 0 Å². The van der Waals surface area contributed by atoms with E-state index in [9.17, 15) is 14.7 Å². The largest absolute Gasteiger partial charge is 0.469 e. The molecule has 0 spiro atoms. The highest BCUT2D eigenvalue weighted by Gasteiger charge is 2.29. The molecule has 0 aromatic rings. The maximum atomic E-state index is 10.9. The third-order valence-corrected chi connectivity index (χ3v) is 1.57. The Kier molecular flexibility index (Phi) is 5.06. The Morgan fingerprint density at radius 1 is 1.38 bits per heavy atom. The number of hydrogen-bond acceptors (Lipinski definition) is 5. The summed E-state index contributed by atoms with van der Waals surface area (Å²) in [6.45, 7) is 3.19. The van der Waals surface area contributed by atoms with Crippen molar-refractivity contribution in [1.82, 2.24) is 0 Å². The van der Waals surface area contributed by atoms with Crippen LogP contribution in [0.15, 0.2) is 0 Å². The van der Waals surface area contributed by atoms with Gasteiger partial charge in [-0.15, -0.1) is 0 Å². The summed E-state index contributed by atoms with van der Waals surface area (Å²) in [6, 6.07) is 0. The fourth-order valence-corrected chi connectivity index (χ4v) is 0.747. The Hall–Kier alpha value is -1.10. The summed E-state index contributed by atoms with van der Waals surface area (Å²) in [4.78, 5) is 21.8. The van der Waals surface area contributed by atoms with Crippen molar-refractivity contribution in [3.05, 3.63) is 0 Å². The number of carbonyl (C=O) groups excluding carboxylic acids is 2. The highest BCUT2D eigenvalue weighted by molar-refractivity contribution is 5.83. The van der Waals surface area contributed by atoms with Crippen LogP contribution >= 0.6 is 0 Å². The van der Waals surface area contributed by atoms with Crippen LogP contribution in [-0.4, -0.2) is 36.9 Å².